The molecule has 9 aromatic rings. The maximum Gasteiger partial charge on any atom is -0.000763 e. The molecule has 9 rings (SSSR count). The minimum Gasteiger partial charge on any atom is -0.0622 e. The summed E-state index contributed by atoms with van der Waals surface area (Å²) < 4.78 is 0. The lowest BCUT2D eigenvalue weighted by Crippen LogP contribution is -1.93. The Bertz CT molecular complexity index is 2430. The van der Waals surface area contributed by atoms with Crippen LogP contribution in [0.3, 0.4) is 0 Å². The van der Waals surface area contributed by atoms with E-state index in [1.165, 1.54) is 87.2 Å². The van der Waals surface area contributed by atoms with Crippen molar-refractivity contribution in [1.82, 2.24) is 0 Å². The van der Waals surface area contributed by atoms with Crippen LogP contribution in [0.1, 0.15) is 0 Å². The summed E-state index contributed by atoms with van der Waals surface area (Å²) in [6.45, 7) is 0. The van der Waals surface area contributed by atoms with Crippen molar-refractivity contribution in [3.63, 3.8) is 0 Å². The zero-order valence-corrected chi connectivity index (χ0v) is 23.0. The number of rotatable bonds is 3. The average Bonchev–Trinajstić information content (AvgIpc) is 3.07. The van der Waals surface area contributed by atoms with Gasteiger partial charge in [0, 0.05) is 0 Å². The van der Waals surface area contributed by atoms with E-state index in [0.29, 0.717) is 0 Å². The van der Waals surface area contributed by atoms with Crippen molar-refractivity contribution in [2.45, 2.75) is 0 Å². The van der Waals surface area contributed by atoms with E-state index in [2.05, 4.69) is 158 Å². The average molecular weight is 531 g/mol. The van der Waals surface area contributed by atoms with Gasteiger partial charge >= 0.3 is 0 Å². The van der Waals surface area contributed by atoms with Crippen LogP contribution in [0.15, 0.2) is 158 Å². The number of fused-ring (bicyclic) bond motifs is 4. The summed E-state index contributed by atoms with van der Waals surface area (Å²) in [4.78, 5) is 0. The maximum atomic E-state index is 2.38. The number of hydrogen-bond acceptors (Lipinski definition) is 0. The monoisotopic (exact) mass is 530 g/mol. The van der Waals surface area contributed by atoms with Gasteiger partial charge in [0.1, 0.15) is 0 Å². The van der Waals surface area contributed by atoms with Crippen LogP contribution in [0.4, 0.5) is 0 Å². The summed E-state index contributed by atoms with van der Waals surface area (Å²) in [5.74, 6) is 0. The van der Waals surface area contributed by atoms with Gasteiger partial charge < -0.3 is 0 Å². The highest BCUT2D eigenvalue weighted by molar-refractivity contribution is 6.40. The van der Waals surface area contributed by atoms with Gasteiger partial charge in [-0.25, -0.2) is 0 Å². The summed E-state index contributed by atoms with van der Waals surface area (Å²) in [5.41, 5.74) is 7.60. The van der Waals surface area contributed by atoms with E-state index >= 15 is 0 Å². The third kappa shape index (κ3) is 3.24. The first-order valence-electron chi connectivity index (χ1n) is 14.6. The van der Waals surface area contributed by atoms with E-state index in [1.54, 1.807) is 0 Å². The molecule has 42 heavy (non-hydrogen) atoms. The largest absolute Gasteiger partial charge is 0.0622 e. The van der Waals surface area contributed by atoms with Gasteiger partial charge in [0.25, 0.3) is 0 Å². The highest BCUT2D eigenvalue weighted by atomic mass is 14.2. The van der Waals surface area contributed by atoms with Crippen LogP contribution in [0.5, 0.6) is 0 Å². The topological polar surface area (TPSA) is 0 Å². The fourth-order valence-electron chi connectivity index (χ4n) is 7.30. The van der Waals surface area contributed by atoms with Gasteiger partial charge in [-0.15, -0.1) is 0 Å². The van der Waals surface area contributed by atoms with Crippen LogP contribution >= 0.6 is 0 Å². The molecule has 0 bridgehead atoms. The molecule has 0 unspecified atom stereocenters. The normalized spacial score (nSPS) is 11.8. The van der Waals surface area contributed by atoms with Crippen molar-refractivity contribution in [2.24, 2.45) is 0 Å². The molecule has 0 aromatic heterocycles. The minimum atomic E-state index is 1.24. The van der Waals surface area contributed by atoms with Crippen LogP contribution in [0.2, 0.25) is 0 Å². The molecule has 0 aliphatic rings. The Labute approximate surface area is 244 Å². The predicted molar refractivity (Wildman–Crippen MR) is 181 cm³/mol. The summed E-state index contributed by atoms with van der Waals surface area (Å²) in [6.07, 6.45) is 0. The zero-order valence-electron chi connectivity index (χ0n) is 23.0. The lowest BCUT2D eigenvalue weighted by molar-refractivity contribution is 1.60. The summed E-state index contributed by atoms with van der Waals surface area (Å²) in [7, 11) is 0. The molecule has 194 valence electrons. The van der Waals surface area contributed by atoms with E-state index < -0.39 is 0 Å². The van der Waals surface area contributed by atoms with Crippen molar-refractivity contribution in [2.75, 3.05) is 0 Å². The first-order valence-corrected chi connectivity index (χ1v) is 14.6. The molecular weight excluding hydrogens is 504 g/mol. The lowest BCUT2D eigenvalue weighted by Gasteiger charge is -2.21. The molecule has 0 fully saturated rings. The molecule has 0 saturated heterocycles. The summed E-state index contributed by atoms with van der Waals surface area (Å²) in [5, 5.41) is 13.2. The van der Waals surface area contributed by atoms with Gasteiger partial charge in [0.15, 0.2) is 0 Å². The van der Waals surface area contributed by atoms with Gasteiger partial charge in [-0.05, 0) is 87.2 Å². The second-order valence-electron chi connectivity index (χ2n) is 11.2. The Morgan fingerprint density at radius 3 is 1.48 bits per heavy atom. The molecule has 0 radical (unpaired) electrons. The first kappa shape index (κ1) is 23.3. The minimum absolute atomic E-state index is 1.24. The van der Waals surface area contributed by atoms with Crippen LogP contribution in [0, 0.1) is 0 Å². The Balaban J connectivity index is 1.50. The quantitative estimate of drug-likeness (QED) is 0.157. The van der Waals surface area contributed by atoms with Crippen LogP contribution < -0.4 is 0 Å². The van der Waals surface area contributed by atoms with Crippen molar-refractivity contribution in [1.29, 1.82) is 0 Å². The second kappa shape index (κ2) is 9.03. The fourth-order valence-corrected chi connectivity index (χ4v) is 7.30. The van der Waals surface area contributed by atoms with Gasteiger partial charge in [-0.1, -0.05) is 158 Å². The summed E-state index contributed by atoms with van der Waals surface area (Å²) >= 11 is 0. The molecule has 0 spiro atoms. The summed E-state index contributed by atoms with van der Waals surface area (Å²) in [6, 6.07) is 57.9. The molecular formula is C42H26. The third-order valence-electron chi connectivity index (χ3n) is 9.02. The van der Waals surface area contributed by atoms with E-state index in [1.807, 2.05) is 0 Å². The standard InChI is InChI=1S/C42H26/c1-3-13-27(14-4-1)29-17-7-8-18-30(29)32-25-26-38-40-34(32)21-11-23-36(40)37-24-12-22-35-31-19-9-10-20-33(31)39(42(38)41(35)37)28-15-5-2-6-16-28/h1-26H. The van der Waals surface area contributed by atoms with Gasteiger partial charge in [-0.2, -0.15) is 0 Å². The molecule has 0 atom stereocenters. The van der Waals surface area contributed by atoms with Crippen LogP contribution in [-0.4, -0.2) is 0 Å². The van der Waals surface area contributed by atoms with Gasteiger partial charge in [0.05, 0.1) is 0 Å². The third-order valence-corrected chi connectivity index (χ3v) is 9.02. The van der Waals surface area contributed by atoms with Crippen molar-refractivity contribution >= 4 is 53.9 Å². The molecule has 0 aliphatic heterocycles. The molecule has 0 heteroatoms. The first-order chi connectivity index (χ1) is 20.9. The molecule has 0 aliphatic carbocycles. The van der Waals surface area contributed by atoms with Crippen molar-refractivity contribution in [3.8, 4) is 33.4 Å². The zero-order chi connectivity index (χ0) is 27.6. The van der Waals surface area contributed by atoms with E-state index in [4.69, 9.17) is 0 Å². The molecule has 0 heterocycles. The van der Waals surface area contributed by atoms with E-state index in [9.17, 15) is 0 Å². The van der Waals surface area contributed by atoms with Crippen LogP contribution in [-0.2, 0) is 0 Å². The SMILES string of the molecule is c1ccc(-c2ccccc2-c2ccc3c4c(-c5ccccc5)c5ccccc5c5cccc(c6cccc2c63)c54)cc1. The number of hydrogen-bond donors (Lipinski definition) is 0. The molecule has 0 N–H and O–H groups in total. The maximum absolute atomic E-state index is 2.38. The molecule has 0 saturated carbocycles. The Morgan fingerprint density at radius 2 is 0.738 bits per heavy atom. The Kier molecular flexibility index (Phi) is 5.00. The predicted octanol–water partition coefficient (Wildman–Crippen LogP) is 11.9. The van der Waals surface area contributed by atoms with Crippen molar-refractivity contribution < 1.29 is 0 Å². The highest BCUT2D eigenvalue weighted by Gasteiger charge is 2.21. The number of benzene rings is 9. The fraction of sp³-hybridized carbons (Fsp3) is 0. The highest BCUT2D eigenvalue weighted by Crippen LogP contribution is 2.49. The molecule has 0 nitrogen and oxygen atoms in total. The van der Waals surface area contributed by atoms with Gasteiger partial charge in [-0.3, -0.25) is 0 Å². The Hall–Kier alpha value is -5.46. The van der Waals surface area contributed by atoms with Gasteiger partial charge in [0.2, 0.25) is 0 Å². The van der Waals surface area contributed by atoms with E-state index in [-0.39, 0.29) is 0 Å². The lowest BCUT2D eigenvalue weighted by atomic mass is 9.81. The second-order valence-corrected chi connectivity index (χ2v) is 11.2. The smallest absolute Gasteiger partial charge is 0.000763 e. The van der Waals surface area contributed by atoms with E-state index in [0.717, 1.165) is 0 Å². The van der Waals surface area contributed by atoms with Crippen molar-refractivity contribution in [3.05, 3.63) is 158 Å². The van der Waals surface area contributed by atoms with Crippen LogP contribution in [0.25, 0.3) is 87.2 Å². The Morgan fingerprint density at radius 1 is 0.214 bits per heavy atom. The molecule has 9 aromatic carbocycles. The molecule has 0 amide bonds.